The fraction of sp³-hybridized carbons (Fsp3) is 0.765. The molecule has 1 aromatic heterocycles. The standard InChI is InChI=1S/C17H29IO2SSi/c1-17(2,3)22(4,5)20-14-9-7-6-8-12(14)15(19)16-13(18)10-11-21-16/h10-12,14-15,19H,6-9H2,1-5H3. The molecule has 1 aromatic rings. The largest absolute Gasteiger partial charge is 0.414 e. The van der Waals surface area contributed by atoms with E-state index in [1.807, 2.05) is 0 Å². The SMILES string of the molecule is CC(C)(C)[Si](C)(C)OC1CCCCC1C(O)c1sccc1I. The van der Waals surface area contributed by atoms with Crippen molar-refractivity contribution in [2.24, 2.45) is 5.92 Å². The van der Waals surface area contributed by atoms with Crippen LogP contribution in [0.25, 0.3) is 0 Å². The minimum absolute atomic E-state index is 0.211. The summed E-state index contributed by atoms with van der Waals surface area (Å²) in [5.74, 6) is 0.245. The fourth-order valence-electron chi connectivity index (χ4n) is 2.90. The molecule has 1 aliphatic rings. The molecule has 1 fully saturated rings. The molecular formula is C17H29IO2SSi. The third kappa shape index (κ3) is 4.15. The zero-order chi connectivity index (χ0) is 16.5. The van der Waals surface area contributed by atoms with Gasteiger partial charge in [-0.1, -0.05) is 33.6 Å². The van der Waals surface area contributed by atoms with Crippen LogP contribution >= 0.6 is 33.9 Å². The first-order chi connectivity index (χ1) is 10.1. The van der Waals surface area contributed by atoms with Crippen LogP contribution in [0.1, 0.15) is 57.4 Å². The Balaban J connectivity index is 2.17. The molecule has 5 heteroatoms. The second kappa shape index (κ2) is 7.21. The number of hydrogen-bond donors (Lipinski definition) is 1. The van der Waals surface area contributed by atoms with Gasteiger partial charge in [0.15, 0.2) is 8.32 Å². The Labute approximate surface area is 153 Å². The Morgan fingerprint density at radius 2 is 1.95 bits per heavy atom. The molecule has 1 N–H and O–H groups in total. The number of halogens is 1. The lowest BCUT2D eigenvalue weighted by Gasteiger charge is -2.44. The Morgan fingerprint density at radius 1 is 1.32 bits per heavy atom. The van der Waals surface area contributed by atoms with Crippen molar-refractivity contribution >= 4 is 42.2 Å². The van der Waals surface area contributed by atoms with Gasteiger partial charge in [0.1, 0.15) is 0 Å². The molecular weight excluding hydrogens is 423 g/mol. The monoisotopic (exact) mass is 452 g/mol. The highest BCUT2D eigenvalue weighted by Gasteiger charge is 2.43. The van der Waals surface area contributed by atoms with Crippen LogP contribution in [0.4, 0.5) is 0 Å². The van der Waals surface area contributed by atoms with Gasteiger partial charge in [-0.3, -0.25) is 0 Å². The highest BCUT2D eigenvalue weighted by Crippen LogP contribution is 2.44. The van der Waals surface area contributed by atoms with Crippen molar-refractivity contribution in [2.75, 3.05) is 0 Å². The number of aliphatic hydroxyl groups is 1. The number of hydrogen-bond acceptors (Lipinski definition) is 3. The highest BCUT2D eigenvalue weighted by molar-refractivity contribution is 14.1. The molecule has 1 heterocycles. The molecule has 0 aliphatic heterocycles. The Hall–Kier alpha value is 0.567. The third-order valence-corrected chi connectivity index (χ3v) is 12.1. The molecule has 0 radical (unpaired) electrons. The maximum Gasteiger partial charge on any atom is 0.192 e. The summed E-state index contributed by atoms with van der Waals surface area (Å²) in [5, 5.41) is 13.2. The molecule has 126 valence electrons. The van der Waals surface area contributed by atoms with Crippen LogP contribution in [0.2, 0.25) is 18.1 Å². The van der Waals surface area contributed by atoms with E-state index >= 15 is 0 Å². The summed E-state index contributed by atoms with van der Waals surface area (Å²) in [7, 11) is -1.79. The van der Waals surface area contributed by atoms with Gasteiger partial charge in [-0.15, -0.1) is 11.3 Å². The molecule has 0 amide bonds. The summed E-state index contributed by atoms with van der Waals surface area (Å²) in [6, 6.07) is 2.09. The fourth-order valence-corrected chi connectivity index (χ4v) is 6.27. The van der Waals surface area contributed by atoms with Gasteiger partial charge >= 0.3 is 0 Å². The minimum atomic E-state index is -1.79. The van der Waals surface area contributed by atoms with Crippen molar-refractivity contribution in [1.29, 1.82) is 0 Å². The highest BCUT2D eigenvalue weighted by atomic mass is 127. The smallest absolute Gasteiger partial charge is 0.192 e. The number of aliphatic hydroxyl groups excluding tert-OH is 1. The van der Waals surface area contributed by atoms with Crippen molar-refractivity contribution in [3.63, 3.8) is 0 Å². The van der Waals surface area contributed by atoms with E-state index in [-0.39, 0.29) is 23.2 Å². The van der Waals surface area contributed by atoms with E-state index in [0.717, 1.165) is 17.7 Å². The molecule has 22 heavy (non-hydrogen) atoms. The van der Waals surface area contributed by atoms with E-state index < -0.39 is 8.32 Å². The molecule has 1 aliphatic carbocycles. The van der Waals surface area contributed by atoms with Gasteiger partial charge in [0.05, 0.1) is 12.2 Å². The first-order valence-corrected chi connectivity index (χ1v) is 13.1. The first-order valence-electron chi connectivity index (χ1n) is 8.22. The van der Waals surface area contributed by atoms with Crippen molar-refractivity contribution in [1.82, 2.24) is 0 Å². The van der Waals surface area contributed by atoms with E-state index in [9.17, 15) is 5.11 Å². The molecule has 0 bridgehead atoms. The van der Waals surface area contributed by atoms with Crippen LogP contribution < -0.4 is 0 Å². The average Bonchev–Trinajstić information content (AvgIpc) is 2.83. The molecule has 1 saturated carbocycles. The summed E-state index contributed by atoms with van der Waals surface area (Å²) >= 11 is 4.01. The van der Waals surface area contributed by atoms with Gasteiger partial charge in [0, 0.05) is 14.4 Å². The summed E-state index contributed by atoms with van der Waals surface area (Å²) < 4.78 is 7.88. The Bertz CT molecular complexity index is 495. The molecule has 0 spiro atoms. The first kappa shape index (κ1) is 18.9. The van der Waals surface area contributed by atoms with Crippen molar-refractivity contribution in [3.05, 3.63) is 19.9 Å². The second-order valence-corrected chi connectivity index (χ2v) is 14.8. The van der Waals surface area contributed by atoms with Gasteiger partial charge < -0.3 is 9.53 Å². The summed E-state index contributed by atoms with van der Waals surface area (Å²) in [6.45, 7) is 11.5. The Kier molecular flexibility index (Phi) is 6.20. The molecule has 0 aromatic carbocycles. The van der Waals surface area contributed by atoms with E-state index in [1.165, 1.54) is 16.4 Å². The van der Waals surface area contributed by atoms with Crippen LogP contribution in [-0.2, 0) is 4.43 Å². The average molecular weight is 452 g/mol. The second-order valence-electron chi connectivity index (χ2n) is 7.94. The maximum atomic E-state index is 10.9. The van der Waals surface area contributed by atoms with E-state index in [1.54, 1.807) is 11.3 Å². The van der Waals surface area contributed by atoms with E-state index in [4.69, 9.17) is 4.43 Å². The third-order valence-electron chi connectivity index (χ3n) is 5.32. The molecule has 2 rings (SSSR count). The molecule has 0 saturated heterocycles. The van der Waals surface area contributed by atoms with Crippen molar-refractivity contribution in [2.45, 2.75) is 76.8 Å². The molecule has 3 atom stereocenters. The van der Waals surface area contributed by atoms with Crippen LogP contribution in [-0.4, -0.2) is 19.5 Å². The number of rotatable bonds is 4. The van der Waals surface area contributed by atoms with Gasteiger partial charge in [-0.2, -0.15) is 0 Å². The summed E-state index contributed by atoms with van der Waals surface area (Å²) in [4.78, 5) is 1.12. The number of thiophene rings is 1. The van der Waals surface area contributed by atoms with Crippen LogP contribution in [0.3, 0.4) is 0 Å². The summed E-state index contributed by atoms with van der Waals surface area (Å²) in [5.41, 5.74) is 0. The van der Waals surface area contributed by atoms with E-state index in [2.05, 4.69) is 67.9 Å². The topological polar surface area (TPSA) is 29.5 Å². The van der Waals surface area contributed by atoms with Crippen LogP contribution in [0, 0.1) is 9.49 Å². The van der Waals surface area contributed by atoms with Crippen molar-refractivity contribution < 1.29 is 9.53 Å². The molecule has 3 unspecified atom stereocenters. The minimum Gasteiger partial charge on any atom is -0.414 e. The lowest BCUT2D eigenvalue weighted by molar-refractivity contribution is -0.00553. The normalized spacial score (nSPS) is 25.2. The summed E-state index contributed by atoms with van der Waals surface area (Å²) in [6.07, 6.45) is 4.44. The van der Waals surface area contributed by atoms with Gasteiger partial charge in [-0.05, 0) is 65.0 Å². The molecule has 2 nitrogen and oxygen atoms in total. The lowest BCUT2D eigenvalue weighted by atomic mass is 9.82. The zero-order valence-corrected chi connectivity index (χ0v) is 18.3. The van der Waals surface area contributed by atoms with Gasteiger partial charge in [0.25, 0.3) is 0 Å². The van der Waals surface area contributed by atoms with Crippen LogP contribution in [0.5, 0.6) is 0 Å². The predicted octanol–water partition coefficient (Wildman–Crippen LogP) is 5.97. The maximum absolute atomic E-state index is 10.9. The Morgan fingerprint density at radius 3 is 2.50 bits per heavy atom. The zero-order valence-electron chi connectivity index (χ0n) is 14.4. The van der Waals surface area contributed by atoms with Gasteiger partial charge in [0.2, 0.25) is 0 Å². The quantitative estimate of drug-likeness (QED) is 0.451. The predicted molar refractivity (Wildman–Crippen MR) is 106 cm³/mol. The van der Waals surface area contributed by atoms with Crippen molar-refractivity contribution in [3.8, 4) is 0 Å². The van der Waals surface area contributed by atoms with Crippen LogP contribution in [0.15, 0.2) is 11.4 Å². The van der Waals surface area contributed by atoms with Gasteiger partial charge in [-0.25, -0.2) is 0 Å². The van der Waals surface area contributed by atoms with E-state index in [0.29, 0.717) is 0 Å². The lowest BCUT2D eigenvalue weighted by Crippen LogP contribution is -2.47.